The van der Waals surface area contributed by atoms with Gasteiger partial charge in [-0.15, -0.1) is 0 Å². The fourth-order valence-electron chi connectivity index (χ4n) is 2.84. The smallest absolute Gasteiger partial charge is 0.231 e. The summed E-state index contributed by atoms with van der Waals surface area (Å²) in [6, 6.07) is 14.1. The van der Waals surface area contributed by atoms with Crippen LogP contribution in [0.15, 0.2) is 60.4 Å². The number of allylic oxidation sites excluding steroid dienone is 1. The molecule has 7 heteroatoms. The summed E-state index contributed by atoms with van der Waals surface area (Å²) < 4.78 is 24.6. The van der Waals surface area contributed by atoms with Crippen LogP contribution in [0.4, 0.5) is 4.39 Å². The number of ketones is 1. The highest BCUT2D eigenvalue weighted by molar-refractivity contribution is 6.37. The molecule has 0 aliphatic carbocycles. The zero-order valence-electron chi connectivity index (χ0n) is 14.7. The van der Waals surface area contributed by atoms with Crippen LogP contribution in [-0.4, -0.2) is 5.78 Å². The Kier molecular flexibility index (Phi) is 5.50. The quantitative estimate of drug-likeness (QED) is 0.403. The molecule has 3 nitrogen and oxygen atoms in total. The normalized spacial score (nSPS) is 14.1. The molecule has 0 aromatic heterocycles. The first kappa shape index (κ1) is 19.8. The first-order valence-electron chi connectivity index (χ1n) is 8.51. The molecule has 3 aromatic carbocycles. The fourth-order valence-corrected chi connectivity index (χ4v) is 3.56. The van der Waals surface area contributed by atoms with Crippen molar-refractivity contribution in [3.63, 3.8) is 0 Å². The number of halogens is 4. The summed E-state index contributed by atoms with van der Waals surface area (Å²) in [4.78, 5) is 12.6. The minimum atomic E-state index is -0.416. The van der Waals surface area contributed by atoms with E-state index < -0.39 is 5.82 Å². The number of benzene rings is 3. The van der Waals surface area contributed by atoms with Gasteiger partial charge in [0.15, 0.2) is 5.76 Å². The molecule has 146 valence electrons. The van der Waals surface area contributed by atoms with Gasteiger partial charge in [0, 0.05) is 27.2 Å². The van der Waals surface area contributed by atoms with Crippen LogP contribution in [0.1, 0.15) is 21.5 Å². The van der Waals surface area contributed by atoms with Gasteiger partial charge in [-0.2, -0.15) is 0 Å². The van der Waals surface area contributed by atoms with Gasteiger partial charge in [0.2, 0.25) is 5.78 Å². The van der Waals surface area contributed by atoms with Gasteiger partial charge in [0.1, 0.15) is 23.9 Å². The molecule has 0 fully saturated rings. The minimum Gasteiger partial charge on any atom is -0.489 e. The first-order chi connectivity index (χ1) is 13.9. The van der Waals surface area contributed by atoms with E-state index in [1.54, 1.807) is 42.5 Å². The second-order valence-electron chi connectivity index (χ2n) is 6.26. The van der Waals surface area contributed by atoms with Crippen LogP contribution >= 0.6 is 34.8 Å². The van der Waals surface area contributed by atoms with E-state index in [9.17, 15) is 9.18 Å². The van der Waals surface area contributed by atoms with Gasteiger partial charge in [0.25, 0.3) is 0 Å². The Hall–Kier alpha value is -2.53. The summed E-state index contributed by atoms with van der Waals surface area (Å²) in [6.45, 7) is 0.143. The number of Topliss-reactive ketones (excluding diaryl/α,β-unsaturated/α-hetero) is 1. The number of carbonyl (C=O) groups excluding carboxylic acids is 1. The van der Waals surface area contributed by atoms with E-state index in [4.69, 9.17) is 44.3 Å². The average molecular weight is 450 g/mol. The summed E-state index contributed by atoms with van der Waals surface area (Å²) in [5.41, 5.74) is 1.56. The lowest BCUT2D eigenvalue weighted by Gasteiger charge is -2.09. The minimum absolute atomic E-state index is 0.119. The van der Waals surface area contributed by atoms with Gasteiger partial charge >= 0.3 is 0 Å². The molecule has 1 aliphatic heterocycles. The van der Waals surface area contributed by atoms with E-state index in [0.29, 0.717) is 38.2 Å². The van der Waals surface area contributed by atoms with E-state index >= 15 is 0 Å². The maximum absolute atomic E-state index is 13.1. The summed E-state index contributed by atoms with van der Waals surface area (Å²) >= 11 is 18.3. The number of ether oxygens (including phenoxy) is 2. The van der Waals surface area contributed by atoms with Crippen molar-refractivity contribution in [3.8, 4) is 11.5 Å². The predicted octanol–water partition coefficient (Wildman–Crippen LogP) is 6.98. The Balaban J connectivity index is 1.55. The predicted molar refractivity (Wildman–Crippen MR) is 112 cm³/mol. The molecule has 0 unspecified atom stereocenters. The van der Waals surface area contributed by atoms with Crippen molar-refractivity contribution in [2.24, 2.45) is 0 Å². The van der Waals surface area contributed by atoms with Crippen LogP contribution in [0.25, 0.3) is 6.08 Å². The van der Waals surface area contributed by atoms with Crippen molar-refractivity contribution in [2.45, 2.75) is 6.61 Å². The molecule has 1 aliphatic rings. The molecule has 0 saturated carbocycles. The third-order valence-corrected chi connectivity index (χ3v) is 5.34. The van der Waals surface area contributed by atoms with Gasteiger partial charge in [-0.25, -0.2) is 4.39 Å². The fraction of sp³-hybridized carbons (Fsp3) is 0.0455. The highest BCUT2D eigenvalue weighted by atomic mass is 35.5. The van der Waals surface area contributed by atoms with Crippen LogP contribution in [0.5, 0.6) is 11.5 Å². The third kappa shape index (κ3) is 4.10. The number of rotatable bonds is 4. The zero-order chi connectivity index (χ0) is 20.5. The molecule has 29 heavy (non-hydrogen) atoms. The second-order valence-corrected chi connectivity index (χ2v) is 7.48. The summed E-state index contributed by atoms with van der Waals surface area (Å²) in [5, 5.41) is 1.11. The van der Waals surface area contributed by atoms with Crippen molar-refractivity contribution >= 4 is 46.7 Å². The molecule has 1 heterocycles. The second kappa shape index (κ2) is 8.07. The Morgan fingerprint density at radius 1 is 0.966 bits per heavy atom. The molecule has 0 spiro atoms. The van der Waals surface area contributed by atoms with Crippen LogP contribution in [0, 0.1) is 5.82 Å². The molecule has 0 radical (unpaired) electrons. The van der Waals surface area contributed by atoms with E-state index in [0.717, 1.165) is 0 Å². The Bertz CT molecular complexity index is 1140. The highest BCUT2D eigenvalue weighted by Crippen LogP contribution is 2.36. The summed E-state index contributed by atoms with van der Waals surface area (Å²) in [7, 11) is 0. The van der Waals surface area contributed by atoms with Crippen LogP contribution in [-0.2, 0) is 6.61 Å². The molecular weight excluding hydrogens is 438 g/mol. The maximum Gasteiger partial charge on any atom is 0.231 e. The number of hydrogen-bond acceptors (Lipinski definition) is 3. The highest BCUT2D eigenvalue weighted by Gasteiger charge is 2.28. The topological polar surface area (TPSA) is 35.5 Å². The average Bonchev–Trinajstić information content (AvgIpc) is 2.99. The van der Waals surface area contributed by atoms with Gasteiger partial charge in [-0.05, 0) is 42.5 Å². The Morgan fingerprint density at radius 2 is 1.72 bits per heavy atom. The van der Waals surface area contributed by atoms with Gasteiger partial charge < -0.3 is 9.47 Å². The molecule has 4 rings (SSSR count). The van der Waals surface area contributed by atoms with Crippen LogP contribution < -0.4 is 9.47 Å². The number of fused-ring (bicyclic) bond motifs is 1. The van der Waals surface area contributed by atoms with Crippen LogP contribution in [0.3, 0.4) is 0 Å². The van der Waals surface area contributed by atoms with Gasteiger partial charge in [-0.1, -0.05) is 46.9 Å². The van der Waals surface area contributed by atoms with Gasteiger partial charge in [-0.3, -0.25) is 4.79 Å². The van der Waals surface area contributed by atoms with E-state index in [1.807, 2.05) is 0 Å². The Morgan fingerprint density at radius 3 is 2.45 bits per heavy atom. The largest absolute Gasteiger partial charge is 0.489 e. The third-order valence-electron chi connectivity index (χ3n) is 4.33. The lowest BCUT2D eigenvalue weighted by molar-refractivity contribution is 0.101. The molecule has 0 bridgehead atoms. The van der Waals surface area contributed by atoms with E-state index in [1.165, 1.54) is 18.2 Å². The number of hydrogen-bond donors (Lipinski definition) is 0. The van der Waals surface area contributed by atoms with E-state index in [2.05, 4.69) is 0 Å². The lowest BCUT2D eigenvalue weighted by Crippen LogP contribution is -1.98. The van der Waals surface area contributed by atoms with Gasteiger partial charge in [0.05, 0.1) is 10.6 Å². The molecule has 3 aromatic rings. The monoisotopic (exact) mass is 448 g/mol. The van der Waals surface area contributed by atoms with Crippen molar-refractivity contribution in [1.82, 2.24) is 0 Å². The van der Waals surface area contributed by atoms with Crippen molar-refractivity contribution in [1.29, 1.82) is 0 Å². The first-order valence-corrected chi connectivity index (χ1v) is 9.65. The lowest BCUT2D eigenvalue weighted by atomic mass is 10.1. The van der Waals surface area contributed by atoms with Crippen molar-refractivity contribution in [2.75, 3.05) is 0 Å². The van der Waals surface area contributed by atoms with Crippen molar-refractivity contribution < 1.29 is 18.7 Å². The zero-order valence-corrected chi connectivity index (χ0v) is 17.0. The SMILES string of the molecule is O=C1/C(=C/c2c(Cl)cccc2Cl)Oc2cc(OCc3ccc(F)cc3Cl)ccc21. The van der Waals surface area contributed by atoms with E-state index in [-0.39, 0.29) is 23.2 Å². The number of carbonyl (C=O) groups is 1. The molecular formula is C22H12Cl3FO3. The summed E-state index contributed by atoms with van der Waals surface area (Å²) in [5.74, 6) is 0.278. The molecule has 0 amide bonds. The Labute approximate surface area is 181 Å². The molecule has 0 atom stereocenters. The van der Waals surface area contributed by atoms with Crippen molar-refractivity contribution in [3.05, 3.63) is 97.9 Å². The summed E-state index contributed by atoms with van der Waals surface area (Å²) in [6.07, 6.45) is 1.52. The standard InChI is InChI=1S/C22H12Cl3FO3/c23-17-2-1-3-18(24)16(17)10-21-22(27)15-7-6-14(9-20(15)29-21)28-11-12-4-5-13(26)8-19(12)25/h1-10H,11H2/b21-10-. The maximum atomic E-state index is 13.1. The molecule has 0 N–H and O–H groups in total. The molecule has 0 saturated heterocycles. The van der Waals surface area contributed by atoms with Crippen LogP contribution in [0.2, 0.25) is 15.1 Å².